The van der Waals surface area contributed by atoms with Crippen LogP contribution in [0.2, 0.25) is 0 Å². The Bertz CT molecular complexity index is 442. The van der Waals surface area contributed by atoms with Gasteiger partial charge in [0.05, 0.1) is 6.42 Å². The van der Waals surface area contributed by atoms with Crippen molar-refractivity contribution in [1.29, 1.82) is 0 Å². The lowest BCUT2D eigenvalue weighted by atomic mass is 10.0. The Hall–Kier alpha value is -1.19. The first-order valence-electron chi connectivity index (χ1n) is 6.01. The van der Waals surface area contributed by atoms with E-state index in [2.05, 4.69) is 0 Å². The number of aliphatic carboxylic acids is 1. The predicted molar refractivity (Wildman–Crippen MR) is 67.3 cm³/mol. The van der Waals surface area contributed by atoms with Crippen LogP contribution >= 0.6 is 0 Å². The first-order valence-corrected chi connectivity index (χ1v) is 7.45. The van der Waals surface area contributed by atoms with Crippen LogP contribution in [0.5, 0.6) is 0 Å². The van der Waals surface area contributed by atoms with E-state index in [1.165, 1.54) is 4.31 Å². The van der Waals surface area contributed by atoms with Crippen molar-refractivity contribution < 1.29 is 23.1 Å². The average molecular weight is 293 g/mol. The summed E-state index contributed by atoms with van der Waals surface area (Å²) in [6.07, 6.45) is 0.891. The summed E-state index contributed by atoms with van der Waals surface area (Å²) in [4.78, 5) is 21.6. The van der Waals surface area contributed by atoms with E-state index in [1.54, 1.807) is 0 Å². The monoisotopic (exact) mass is 293 g/mol. The number of rotatable bonds is 6. The molecule has 1 heterocycles. The molecule has 9 heteroatoms. The van der Waals surface area contributed by atoms with E-state index >= 15 is 0 Å². The third-order valence-corrected chi connectivity index (χ3v) is 4.70. The third kappa shape index (κ3) is 4.77. The molecule has 1 unspecified atom stereocenters. The van der Waals surface area contributed by atoms with Crippen LogP contribution in [0.1, 0.15) is 26.2 Å². The van der Waals surface area contributed by atoms with E-state index in [4.69, 9.17) is 10.8 Å². The molecule has 0 saturated carbocycles. The molecule has 0 radical (unpaired) electrons. The van der Waals surface area contributed by atoms with Crippen molar-refractivity contribution >= 4 is 22.1 Å². The number of hydrogen-bond acceptors (Lipinski definition) is 4. The Morgan fingerprint density at radius 1 is 1.42 bits per heavy atom. The summed E-state index contributed by atoms with van der Waals surface area (Å²) in [5.74, 6) is -1.84. The molecule has 4 N–H and O–H groups in total. The summed E-state index contributed by atoms with van der Waals surface area (Å²) in [5, 5.41) is 8.87. The first kappa shape index (κ1) is 15.9. The highest BCUT2D eigenvalue weighted by atomic mass is 32.2. The van der Waals surface area contributed by atoms with E-state index < -0.39 is 34.5 Å². The molecule has 0 aromatic carbocycles. The number of primary amides is 1. The van der Waals surface area contributed by atoms with E-state index in [0.717, 1.165) is 12.8 Å². The van der Waals surface area contributed by atoms with Crippen LogP contribution in [0, 0.1) is 5.92 Å². The summed E-state index contributed by atoms with van der Waals surface area (Å²) in [6.45, 7) is 2.73. The minimum absolute atomic E-state index is 0.347. The van der Waals surface area contributed by atoms with Gasteiger partial charge in [0.1, 0.15) is 6.04 Å². The second-order valence-electron chi connectivity index (χ2n) is 4.77. The fourth-order valence-corrected chi connectivity index (χ4v) is 3.24. The lowest BCUT2D eigenvalue weighted by Gasteiger charge is -2.30. The maximum Gasteiger partial charge on any atom is 0.322 e. The number of piperidine rings is 1. The number of nitrogens with one attached hydrogen (secondary N) is 1. The maximum absolute atomic E-state index is 12.0. The summed E-state index contributed by atoms with van der Waals surface area (Å²) in [6, 6.07) is -1.53. The van der Waals surface area contributed by atoms with Gasteiger partial charge in [-0.15, -0.1) is 0 Å². The van der Waals surface area contributed by atoms with E-state index in [0.29, 0.717) is 19.0 Å². The Balaban J connectivity index is 2.71. The van der Waals surface area contributed by atoms with Crippen molar-refractivity contribution in [2.45, 2.75) is 32.2 Å². The van der Waals surface area contributed by atoms with Gasteiger partial charge < -0.3 is 10.8 Å². The molecule has 1 rings (SSSR count). The highest BCUT2D eigenvalue weighted by molar-refractivity contribution is 7.87. The zero-order valence-corrected chi connectivity index (χ0v) is 11.5. The molecule has 0 aromatic heterocycles. The summed E-state index contributed by atoms with van der Waals surface area (Å²) >= 11 is 0. The van der Waals surface area contributed by atoms with Crippen molar-refractivity contribution in [3.8, 4) is 0 Å². The molecular formula is C10H19N3O5S. The van der Waals surface area contributed by atoms with Crippen molar-refractivity contribution in [1.82, 2.24) is 9.03 Å². The van der Waals surface area contributed by atoms with Crippen LogP contribution in [0.4, 0.5) is 0 Å². The quantitative estimate of drug-likeness (QED) is 0.571. The highest BCUT2D eigenvalue weighted by Crippen LogP contribution is 2.18. The van der Waals surface area contributed by atoms with Gasteiger partial charge in [0.15, 0.2) is 0 Å². The molecule has 1 aliphatic heterocycles. The zero-order valence-electron chi connectivity index (χ0n) is 10.7. The topological polar surface area (TPSA) is 130 Å². The van der Waals surface area contributed by atoms with Gasteiger partial charge in [-0.25, -0.2) is 0 Å². The lowest BCUT2D eigenvalue weighted by Crippen LogP contribution is -2.51. The van der Waals surface area contributed by atoms with Crippen molar-refractivity contribution in [3.63, 3.8) is 0 Å². The number of nitrogens with zero attached hydrogens (tertiary/aromatic N) is 1. The predicted octanol–water partition coefficient (Wildman–Crippen LogP) is -1.12. The second kappa shape index (κ2) is 6.31. The van der Waals surface area contributed by atoms with Gasteiger partial charge in [0.2, 0.25) is 5.91 Å². The lowest BCUT2D eigenvalue weighted by molar-refractivity contribution is -0.140. The Morgan fingerprint density at radius 2 is 1.95 bits per heavy atom. The Labute approximate surface area is 112 Å². The van der Waals surface area contributed by atoms with Crippen LogP contribution < -0.4 is 10.5 Å². The van der Waals surface area contributed by atoms with Gasteiger partial charge >= 0.3 is 5.97 Å². The van der Waals surface area contributed by atoms with Crippen LogP contribution in [0.3, 0.4) is 0 Å². The standard InChI is InChI=1S/C10H19N3O5S/c1-7-2-4-13(5-3-7)19(17,18)12-8(10(15)16)6-9(11)14/h7-8,12H,2-6H2,1H3,(H2,11,14)(H,15,16). The molecule has 0 spiro atoms. The zero-order chi connectivity index (χ0) is 14.6. The summed E-state index contributed by atoms with van der Waals surface area (Å²) < 4.78 is 27.2. The van der Waals surface area contributed by atoms with Crippen LogP contribution in [0.25, 0.3) is 0 Å². The van der Waals surface area contributed by atoms with Crippen LogP contribution in [-0.2, 0) is 19.8 Å². The normalized spacial score (nSPS) is 20.1. The van der Waals surface area contributed by atoms with E-state index in [9.17, 15) is 18.0 Å². The second-order valence-corrected chi connectivity index (χ2v) is 6.47. The minimum atomic E-state index is -3.90. The molecule has 1 aliphatic rings. The number of carboxylic acids is 1. The summed E-state index contributed by atoms with van der Waals surface area (Å²) in [7, 11) is -3.90. The molecule has 0 aliphatic carbocycles. The van der Waals surface area contributed by atoms with Crippen molar-refractivity contribution in [2.24, 2.45) is 11.7 Å². The SMILES string of the molecule is CC1CCN(S(=O)(=O)NC(CC(N)=O)C(=O)O)CC1. The fraction of sp³-hybridized carbons (Fsp3) is 0.800. The molecular weight excluding hydrogens is 274 g/mol. The minimum Gasteiger partial charge on any atom is -0.480 e. The molecule has 1 amide bonds. The van der Waals surface area contributed by atoms with E-state index in [-0.39, 0.29) is 0 Å². The molecule has 110 valence electrons. The smallest absolute Gasteiger partial charge is 0.322 e. The molecule has 8 nitrogen and oxygen atoms in total. The molecule has 0 aromatic rings. The van der Waals surface area contributed by atoms with Gasteiger partial charge in [0.25, 0.3) is 10.2 Å². The van der Waals surface area contributed by atoms with Crippen LogP contribution in [-0.4, -0.2) is 48.8 Å². The Kier molecular flexibility index (Phi) is 5.27. The van der Waals surface area contributed by atoms with Crippen LogP contribution in [0.15, 0.2) is 0 Å². The molecule has 1 atom stereocenters. The van der Waals surface area contributed by atoms with Gasteiger partial charge in [-0.05, 0) is 18.8 Å². The Morgan fingerprint density at radius 3 is 2.37 bits per heavy atom. The van der Waals surface area contributed by atoms with Gasteiger partial charge in [-0.2, -0.15) is 17.4 Å². The number of nitrogens with two attached hydrogens (primary N) is 1. The number of carboxylic acid groups (broad SMARTS) is 1. The molecule has 0 bridgehead atoms. The van der Waals surface area contributed by atoms with Crippen molar-refractivity contribution in [2.75, 3.05) is 13.1 Å². The number of amides is 1. The molecule has 1 fully saturated rings. The van der Waals surface area contributed by atoms with Gasteiger partial charge in [-0.3, -0.25) is 9.59 Å². The number of carbonyl (C=O) groups is 2. The fourth-order valence-electron chi connectivity index (χ4n) is 1.86. The maximum atomic E-state index is 12.0. The number of hydrogen-bond donors (Lipinski definition) is 3. The van der Waals surface area contributed by atoms with Gasteiger partial charge in [-0.1, -0.05) is 6.92 Å². The molecule has 1 saturated heterocycles. The largest absolute Gasteiger partial charge is 0.480 e. The van der Waals surface area contributed by atoms with Crippen molar-refractivity contribution in [3.05, 3.63) is 0 Å². The highest BCUT2D eigenvalue weighted by Gasteiger charge is 2.31. The van der Waals surface area contributed by atoms with E-state index in [1.807, 2.05) is 11.6 Å². The summed E-state index contributed by atoms with van der Waals surface area (Å²) in [5.41, 5.74) is 4.90. The first-order chi connectivity index (χ1) is 8.72. The van der Waals surface area contributed by atoms with Gasteiger partial charge in [0, 0.05) is 13.1 Å². The average Bonchev–Trinajstić information content (AvgIpc) is 2.27. The number of carbonyl (C=O) groups excluding carboxylic acids is 1. The third-order valence-electron chi connectivity index (χ3n) is 3.08. The molecule has 19 heavy (non-hydrogen) atoms.